The van der Waals surface area contributed by atoms with Crippen LogP contribution in [0.2, 0.25) is 5.02 Å². The molecule has 5 heteroatoms. The number of nitriles is 1. The van der Waals surface area contributed by atoms with E-state index in [2.05, 4.69) is 0 Å². The fourth-order valence-electron chi connectivity index (χ4n) is 1.53. The van der Waals surface area contributed by atoms with Crippen LogP contribution in [0.1, 0.15) is 5.76 Å². The highest BCUT2D eigenvalue weighted by Crippen LogP contribution is 2.25. The summed E-state index contributed by atoms with van der Waals surface area (Å²) >= 11 is 10.7. The molecule has 1 aromatic carbocycles. The SMILES string of the molecule is N#C/C(=C/c1ccc(-c2cccc(Cl)c2)o1)C(N)=S. The van der Waals surface area contributed by atoms with Crippen LogP contribution in [-0.2, 0) is 0 Å². The number of nitrogens with two attached hydrogens (primary N) is 1. The first-order valence-electron chi connectivity index (χ1n) is 5.37. The van der Waals surface area contributed by atoms with Crippen LogP contribution in [0.15, 0.2) is 46.4 Å². The lowest BCUT2D eigenvalue weighted by Crippen LogP contribution is -2.09. The molecule has 2 N–H and O–H groups in total. The van der Waals surface area contributed by atoms with Crippen LogP contribution in [0.4, 0.5) is 0 Å². The third kappa shape index (κ3) is 3.22. The van der Waals surface area contributed by atoms with Crippen molar-refractivity contribution in [3.05, 3.63) is 52.8 Å². The van der Waals surface area contributed by atoms with Gasteiger partial charge in [0.25, 0.3) is 0 Å². The van der Waals surface area contributed by atoms with Gasteiger partial charge in [-0.25, -0.2) is 0 Å². The monoisotopic (exact) mass is 288 g/mol. The molecule has 1 heterocycles. The lowest BCUT2D eigenvalue weighted by atomic mass is 10.2. The fourth-order valence-corrected chi connectivity index (χ4v) is 1.82. The van der Waals surface area contributed by atoms with Gasteiger partial charge in [0, 0.05) is 16.7 Å². The largest absolute Gasteiger partial charge is 0.457 e. The summed E-state index contributed by atoms with van der Waals surface area (Å²) in [4.78, 5) is 0.0446. The van der Waals surface area contributed by atoms with Gasteiger partial charge in [-0.3, -0.25) is 0 Å². The van der Waals surface area contributed by atoms with Gasteiger partial charge in [0.1, 0.15) is 22.6 Å². The zero-order valence-electron chi connectivity index (χ0n) is 9.76. The van der Waals surface area contributed by atoms with Crippen molar-refractivity contribution in [1.29, 1.82) is 5.26 Å². The molecule has 0 spiro atoms. The third-order valence-electron chi connectivity index (χ3n) is 2.41. The molecule has 0 saturated heterocycles. The lowest BCUT2D eigenvalue weighted by molar-refractivity contribution is 0.571. The van der Waals surface area contributed by atoms with Gasteiger partial charge in [-0.1, -0.05) is 36.0 Å². The van der Waals surface area contributed by atoms with E-state index in [0.717, 1.165) is 5.56 Å². The number of rotatable bonds is 3. The normalized spacial score (nSPS) is 11.1. The van der Waals surface area contributed by atoms with Gasteiger partial charge in [-0.15, -0.1) is 0 Å². The van der Waals surface area contributed by atoms with Crippen LogP contribution in [0.5, 0.6) is 0 Å². The summed E-state index contributed by atoms with van der Waals surface area (Å²) in [6, 6.07) is 12.8. The Hall–Kier alpha value is -2.09. The van der Waals surface area contributed by atoms with Crippen molar-refractivity contribution < 1.29 is 4.42 Å². The Morgan fingerprint density at radius 3 is 2.79 bits per heavy atom. The van der Waals surface area contributed by atoms with Crippen molar-refractivity contribution in [2.45, 2.75) is 0 Å². The van der Waals surface area contributed by atoms with Gasteiger partial charge in [0.15, 0.2) is 0 Å². The van der Waals surface area contributed by atoms with Gasteiger partial charge >= 0.3 is 0 Å². The Balaban J connectivity index is 2.35. The maximum atomic E-state index is 8.87. The predicted octanol–water partition coefficient (Wildman–Crippen LogP) is 3.79. The minimum absolute atomic E-state index is 0.0446. The maximum absolute atomic E-state index is 8.87. The fraction of sp³-hybridized carbons (Fsp3) is 0. The molecule has 0 unspecified atom stereocenters. The minimum Gasteiger partial charge on any atom is -0.457 e. The van der Waals surface area contributed by atoms with Crippen LogP contribution >= 0.6 is 23.8 Å². The van der Waals surface area contributed by atoms with E-state index in [1.807, 2.05) is 18.2 Å². The lowest BCUT2D eigenvalue weighted by Gasteiger charge is -1.97. The van der Waals surface area contributed by atoms with Crippen LogP contribution in [0.3, 0.4) is 0 Å². The molecular formula is C14H9ClN2OS. The molecule has 0 aliphatic carbocycles. The van der Waals surface area contributed by atoms with Gasteiger partial charge in [0.2, 0.25) is 0 Å². The van der Waals surface area contributed by atoms with Crippen molar-refractivity contribution in [3.63, 3.8) is 0 Å². The van der Waals surface area contributed by atoms with E-state index in [9.17, 15) is 0 Å². The quantitative estimate of drug-likeness (QED) is 0.530. The first-order chi connectivity index (χ1) is 9.10. The Labute approximate surface area is 120 Å². The Morgan fingerprint density at radius 2 is 2.16 bits per heavy atom. The van der Waals surface area contributed by atoms with Crippen molar-refractivity contribution in [2.24, 2.45) is 5.73 Å². The molecule has 3 nitrogen and oxygen atoms in total. The van der Waals surface area contributed by atoms with E-state index in [0.29, 0.717) is 16.5 Å². The zero-order chi connectivity index (χ0) is 13.8. The Kier molecular flexibility index (Phi) is 4.00. The summed E-state index contributed by atoms with van der Waals surface area (Å²) in [6.07, 6.45) is 1.51. The second-order valence-electron chi connectivity index (χ2n) is 3.75. The van der Waals surface area contributed by atoms with Crippen molar-refractivity contribution in [2.75, 3.05) is 0 Å². The van der Waals surface area contributed by atoms with E-state index in [4.69, 9.17) is 39.2 Å². The molecule has 2 rings (SSSR count). The summed E-state index contributed by atoms with van der Waals surface area (Å²) < 4.78 is 5.61. The van der Waals surface area contributed by atoms with Gasteiger partial charge in [-0.2, -0.15) is 5.26 Å². The molecule has 0 fully saturated rings. The van der Waals surface area contributed by atoms with Crippen LogP contribution < -0.4 is 5.73 Å². The highest BCUT2D eigenvalue weighted by molar-refractivity contribution is 7.80. The number of halogens is 1. The first-order valence-corrected chi connectivity index (χ1v) is 6.16. The summed E-state index contributed by atoms with van der Waals surface area (Å²) in [5.41, 5.74) is 6.49. The number of thiocarbonyl (C=S) groups is 1. The number of benzene rings is 1. The molecular weight excluding hydrogens is 280 g/mol. The molecule has 0 aliphatic rings. The first kappa shape index (κ1) is 13.3. The number of nitrogens with zero attached hydrogens (tertiary/aromatic N) is 1. The molecule has 0 atom stereocenters. The molecule has 0 saturated carbocycles. The highest BCUT2D eigenvalue weighted by atomic mass is 35.5. The molecule has 94 valence electrons. The molecule has 19 heavy (non-hydrogen) atoms. The molecule has 0 aliphatic heterocycles. The molecule has 0 radical (unpaired) electrons. The number of hydrogen-bond donors (Lipinski definition) is 1. The van der Waals surface area contributed by atoms with Crippen molar-refractivity contribution >= 4 is 34.9 Å². The van der Waals surface area contributed by atoms with E-state index >= 15 is 0 Å². The topological polar surface area (TPSA) is 63.0 Å². The van der Waals surface area contributed by atoms with E-state index in [1.165, 1.54) is 6.08 Å². The standard InChI is InChI=1S/C14H9ClN2OS/c15-11-3-1-2-9(6-11)13-5-4-12(18-13)7-10(8-16)14(17)19/h1-7H,(H2,17,19)/b10-7-. The molecule has 1 aromatic heterocycles. The third-order valence-corrected chi connectivity index (χ3v) is 2.86. The maximum Gasteiger partial charge on any atom is 0.134 e. The van der Waals surface area contributed by atoms with E-state index in [-0.39, 0.29) is 10.6 Å². The van der Waals surface area contributed by atoms with Gasteiger partial charge in [0.05, 0.1) is 5.57 Å². The number of furan rings is 1. The highest BCUT2D eigenvalue weighted by Gasteiger charge is 2.06. The average Bonchev–Trinajstić information content (AvgIpc) is 2.84. The van der Waals surface area contributed by atoms with Gasteiger partial charge in [-0.05, 0) is 24.3 Å². The van der Waals surface area contributed by atoms with Crippen molar-refractivity contribution in [1.82, 2.24) is 0 Å². The van der Waals surface area contributed by atoms with Crippen LogP contribution in [0.25, 0.3) is 17.4 Å². The summed E-state index contributed by atoms with van der Waals surface area (Å²) in [7, 11) is 0. The zero-order valence-corrected chi connectivity index (χ0v) is 11.3. The van der Waals surface area contributed by atoms with E-state index < -0.39 is 0 Å². The summed E-state index contributed by atoms with van der Waals surface area (Å²) in [5, 5.41) is 9.50. The Bertz CT molecular complexity index is 697. The molecule has 0 amide bonds. The Morgan fingerprint density at radius 1 is 1.37 bits per heavy atom. The smallest absolute Gasteiger partial charge is 0.134 e. The van der Waals surface area contributed by atoms with Crippen molar-refractivity contribution in [3.8, 4) is 17.4 Å². The second-order valence-corrected chi connectivity index (χ2v) is 4.62. The minimum atomic E-state index is 0.0446. The van der Waals surface area contributed by atoms with E-state index in [1.54, 1.807) is 24.3 Å². The number of hydrogen-bond acceptors (Lipinski definition) is 3. The molecule has 0 bridgehead atoms. The average molecular weight is 289 g/mol. The second kappa shape index (κ2) is 5.70. The van der Waals surface area contributed by atoms with Gasteiger partial charge < -0.3 is 10.2 Å². The van der Waals surface area contributed by atoms with Crippen LogP contribution in [-0.4, -0.2) is 4.99 Å². The molecule has 2 aromatic rings. The summed E-state index contributed by atoms with van der Waals surface area (Å²) in [6.45, 7) is 0. The van der Waals surface area contributed by atoms with Crippen LogP contribution in [0, 0.1) is 11.3 Å². The summed E-state index contributed by atoms with van der Waals surface area (Å²) in [5.74, 6) is 1.17. The predicted molar refractivity (Wildman–Crippen MR) is 79.5 cm³/mol.